The highest BCUT2D eigenvalue weighted by Gasteiger charge is 2.10. The molecule has 2 atom stereocenters. The van der Waals surface area contributed by atoms with E-state index in [1.165, 1.54) is 5.56 Å². The van der Waals surface area contributed by atoms with E-state index in [0.717, 1.165) is 12.2 Å². The first kappa shape index (κ1) is 16.3. The molecule has 112 valence electrons. The third-order valence-corrected chi connectivity index (χ3v) is 3.18. The first-order valence-corrected chi connectivity index (χ1v) is 7.26. The van der Waals surface area contributed by atoms with Crippen LogP contribution in [-0.4, -0.2) is 18.3 Å². The Labute approximate surface area is 121 Å². The van der Waals surface area contributed by atoms with Crippen molar-refractivity contribution in [3.05, 3.63) is 29.8 Å². The molecule has 0 saturated heterocycles. The van der Waals surface area contributed by atoms with Crippen molar-refractivity contribution in [3.8, 4) is 5.75 Å². The standard InChI is InChI=1S/C16H26N2O2/c1-6-12(4)17-16(19)18-13(5)20-15-9-7-14(8-10-15)11(2)3/h7-13H,6H2,1-5H3,(H2,17,18,19). The molecule has 0 aromatic heterocycles. The molecule has 0 aliphatic rings. The summed E-state index contributed by atoms with van der Waals surface area (Å²) in [6.45, 7) is 10.1. The maximum Gasteiger partial charge on any atom is 0.317 e. The number of ether oxygens (including phenoxy) is 1. The van der Waals surface area contributed by atoms with Gasteiger partial charge in [-0.2, -0.15) is 0 Å². The van der Waals surface area contributed by atoms with E-state index in [1.807, 2.05) is 45.0 Å². The van der Waals surface area contributed by atoms with E-state index in [-0.39, 0.29) is 18.3 Å². The maximum absolute atomic E-state index is 11.7. The molecule has 2 N–H and O–H groups in total. The van der Waals surface area contributed by atoms with Gasteiger partial charge in [0.2, 0.25) is 0 Å². The molecule has 2 unspecified atom stereocenters. The van der Waals surface area contributed by atoms with Crippen LogP contribution in [0.1, 0.15) is 52.5 Å². The van der Waals surface area contributed by atoms with Crippen molar-refractivity contribution in [1.29, 1.82) is 0 Å². The Morgan fingerprint density at radius 2 is 1.70 bits per heavy atom. The summed E-state index contributed by atoms with van der Waals surface area (Å²) in [5.41, 5.74) is 1.27. The topological polar surface area (TPSA) is 50.4 Å². The maximum atomic E-state index is 11.7. The molecule has 4 nitrogen and oxygen atoms in total. The third-order valence-electron chi connectivity index (χ3n) is 3.18. The Morgan fingerprint density at radius 3 is 2.20 bits per heavy atom. The quantitative estimate of drug-likeness (QED) is 0.781. The smallest absolute Gasteiger partial charge is 0.317 e. The summed E-state index contributed by atoms with van der Waals surface area (Å²) in [7, 11) is 0. The van der Waals surface area contributed by atoms with Crippen LogP contribution in [0.25, 0.3) is 0 Å². The van der Waals surface area contributed by atoms with Crippen LogP contribution < -0.4 is 15.4 Å². The number of benzene rings is 1. The molecule has 4 heteroatoms. The van der Waals surface area contributed by atoms with Gasteiger partial charge in [0, 0.05) is 6.04 Å². The normalized spacial score (nSPS) is 13.7. The SMILES string of the molecule is CCC(C)NC(=O)NC(C)Oc1ccc(C(C)C)cc1. The molecule has 0 aliphatic carbocycles. The van der Waals surface area contributed by atoms with Gasteiger partial charge in [-0.1, -0.05) is 32.9 Å². The molecule has 0 spiro atoms. The minimum Gasteiger partial charge on any atom is -0.471 e. The van der Waals surface area contributed by atoms with Crippen molar-refractivity contribution in [1.82, 2.24) is 10.6 Å². The molecule has 0 saturated carbocycles. The van der Waals surface area contributed by atoms with Crippen LogP contribution >= 0.6 is 0 Å². The summed E-state index contributed by atoms with van der Waals surface area (Å²) in [6, 6.07) is 7.91. The van der Waals surface area contributed by atoms with Gasteiger partial charge in [-0.25, -0.2) is 4.79 Å². The van der Waals surface area contributed by atoms with Gasteiger partial charge >= 0.3 is 6.03 Å². The molecule has 0 fully saturated rings. The lowest BCUT2D eigenvalue weighted by Gasteiger charge is -2.19. The molecule has 2 amide bonds. The van der Waals surface area contributed by atoms with E-state index in [9.17, 15) is 4.79 Å². The Morgan fingerprint density at radius 1 is 1.10 bits per heavy atom. The van der Waals surface area contributed by atoms with Crippen molar-refractivity contribution in [2.45, 2.75) is 59.2 Å². The summed E-state index contributed by atoms with van der Waals surface area (Å²) in [5.74, 6) is 1.26. The van der Waals surface area contributed by atoms with Gasteiger partial charge in [0.05, 0.1) is 0 Å². The first-order valence-electron chi connectivity index (χ1n) is 7.26. The summed E-state index contributed by atoms with van der Waals surface area (Å²) in [4.78, 5) is 11.7. The number of nitrogens with one attached hydrogen (secondary N) is 2. The molecule has 0 bridgehead atoms. The van der Waals surface area contributed by atoms with Crippen LogP contribution in [-0.2, 0) is 0 Å². The fourth-order valence-corrected chi connectivity index (χ4v) is 1.72. The zero-order chi connectivity index (χ0) is 15.1. The number of hydrogen-bond donors (Lipinski definition) is 2. The lowest BCUT2D eigenvalue weighted by atomic mass is 10.0. The third kappa shape index (κ3) is 5.51. The lowest BCUT2D eigenvalue weighted by Crippen LogP contribution is -2.46. The van der Waals surface area contributed by atoms with Gasteiger partial charge in [0.1, 0.15) is 5.75 Å². The predicted octanol–water partition coefficient (Wildman–Crippen LogP) is 3.63. The van der Waals surface area contributed by atoms with E-state index in [2.05, 4.69) is 24.5 Å². The molecule has 1 rings (SSSR count). The van der Waals surface area contributed by atoms with E-state index in [0.29, 0.717) is 5.92 Å². The Balaban J connectivity index is 2.45. The van der Waals surface area contributed by atoms with E-state index < -0.39 is 0 Å². The van der Waals surface area contributed by atoms with Gasteiger partial charge in [0.15, 0.2) is 6.23 Å². The summed E-state index contributed by atoms with van der Waals surface area (Å²) >= 11 is 0. The Kier molecular flexibility index (Phi) is 6.36. The zero-order valence-electron chi connectivity index (χ0n) is 13.1. The average Bonchev–Trinajstić information content (AvgIpc) is 2.38. The van der Waals surface area contributed by atoms with Gasteiger partial charge in [0.25, 0.3) is 0 Å². The Bertz CT molecular complexity index is 415. The first-order chi connectivity index (χ1) is 9.42. The Hall–Kier alpha value is -1.71. The van der Waals surface area contributed by atoms with Crippen LogP contribution in [0.5, 0.6) is 5.75 Å². The largest absolute Gasteiger partial charge is 0.471 e. The van der Waals surface area contributed by atoms with E-state index >= 15 is 0 Å². The highest BCUT2D eigenvalue weighted by atomic mass is 16.5. The second-order valence-electron chi connectivity index (χ2n) is 5.41. The van der Waals surface area contributed by atoms with Crippen LogP contribution in [0.3, 0.4) is 0 Å². The van der Waals surface area contributed by atoms with Gasteiger partial charge in [-0.05, 0) is 43.9 Å². The van der Waals surface area contributed by atoms with E-state index in [1.54, 1.807) is 0 Å². The van der Waals surface area contributed by atoms with Crippen molar-refractivity contribution < 1.29 is 9.53 Å². The fourth-order valence-electron chi connectivity index (χ4n) is 1.72. The van der Waals surface area contributed by atoms with Crippen LogP contribution in [0.4, 0.5) is 4.79 Å². The van der Waals surface area contributed by atoms with Gasteiger partial charge < -0.3 is 15.4 Å². The van der Waals surface area contributed by atoms with Crippen molar-refractivity contribution in [2.24, 2.45) is 0 Å². The van der Waals surface area contributed by atoms with E-state index in [4.69, 9.17) is 4.74 Å². The summed E-state index contributed by atoms with van der Waals surface area (Å²) in [6.07, 6.45) is 0.531. The monoisotopic (exact) mass is 278 g/mol. The minimum atomic E-state index is -0.371. The highest BCUT2D eigenvalue weighted by molar-refractivity contribution is 5.74. The number of urea groups is 1. The number of amides is 2. The number of carbonyl (C=O) groups excluding carboxylic acids is 1. The van der Waals surface area contributed by atoms with Crippen LogP contribution in [0.2, 0.25) is 0 Å². The number of carbonyl (C=O) groups is 1. The highest BCUT2D eigenvalue weighted by Crippen LogP contribution is 2.19. The number of rotatable bonds is 6. The molecular formula is C16H26N2O2. The lowest BCUT2D eigenvalue weighted by molar-refractivity contribution is 0.175. The van der Waals surface area contributed by atoms with Gasteiger partial charge in [-0.3, -0.25) is 0 Å². The molecule has 1 aromatic carbocycles. The minimum absolute atomic E-state index is 0.160. The van der Waals surface area contributed by atoms with Gasteiger partial charge in [-0.15, -0.1) is 0 Å². The molecular weight excluding hydrogens is 252 g/mol. The number of hydrogen-bond acceptors (Lipinski definition) is 2. The van der Waals surface area contributed by atoms with Crippen LogP contribution in [0, 0.1) is 0 Å². The van der Waals surface area contributed by atoms with Crippen molar-refractivity contribution >= 4 is 6.03 Å². The summed E-state index contributed by atoms with van der Waals surface area (Å²) < 4.78 is 5.66. The molecule has 20 heavy (non-hydrogen) atoms. The van der Waals surface area contributed by atoms with Crippen molar-refractivity contribution in [3.63, 3.8) is 0 Å². The second kappa shape index (κ2) is 7.78. The predicted molar refractivity (Wildman–Crippen MR) is 82.0 cm³/mol. The molecule has 0 heterocycles. The average molecular weight is 278 g/mol. The molecule has 0 aliphatic heterocycles. The van der Waals surface area contributed by atoms with Crippen LogP contribution in [0.15, 0.2) is 24.3 Å². The second-order valence-corrected chi connectivity index (χ2v) is 5.41. The summed E-state index contributed by atoms with van der Waals surface area (Å²) in [5, 5.41) is 5.60. The zero-order valence-corrected chi connectivity index (χ0v) is 13.1. The molecule has 1 aromatic rings. The molecule has 0 radical (unpaired) electrons. The fraction of sp³-hybridized carbons (Fsp3) is 0.562. The van der Waals surface area contributed by atoms with Crippen molar-refractivity contribution in [2.75, 3.05) is 0 Å².